The van der Waals surface area contributed by atoms with Crippen LogP contribution in [0.1, 0.15) is 18.9 Å². The fourth-order valence-electron chi connectivity index (χ4n) is 5.26. The molecule has 0 spiro atoms. The zero-order valence-electron chi connectivity index (χ0n) is 22.5. The zero-order chi connectivity index (χ0) is 30.4. The van der Waals surface area contributed by atoms with E-state index < -0.39 is 62.3 Å². The Morgan fingerprint density at radius 3 is 1.47 bits per heavy atom. The van der Waals surface area contributed by atoms with Crippen molar-refractivity contribution in [2.45, 2.75) is 55.5 Å². The molecule has 43 heavy (non-hydrogen) atoms. The Labute approximate surface area is 242 Å². The number of nitrogens with two attached hydrogens (primary N) is 2. The second kappa shape index (κ2) is 11.6. The molecular weight excluding hydrogens is 572 g/mol. The van der Waals surface area contributed by atoms with Gasteiger partial charge in [-0.15, -0.1) is 0 Å². The number of nitrogens with zero attached hydrogens (tertiary/aromatic N) is 8. The van der Waals surface area contributed by atoms with Gasteiger partial charge >= 0.3 is 0 Å². The minimum atomic E-state index is -1.38. The van der Waals surface area contributed by atoms with Crippen molar-refractivity contribution in [1.82, 2.24) is 39.0 Å². The van der Waals surface area contributed by atoms with Gasteiger partial charge in [0.05, 0.1) is 13.2 Å². The van der Waals surface area contributed by atoms with Crippen LogP contribution < -0.4 is 22.1 Å². The number of anilines is 4. The van der Waals surface area contributed by atoms with E-state index in [0.717, 1.165) is 0 Å². The van der Waals surface area contributed by atoms with Crippen molar-refractivity contribution >= 4 is 45.9 Å². The summed E-state index contributed by atoms with van der Waals surface area (Å²) in [4.78, 5) is 25.3. The van der Waals surface area contributed by atoms with Crippen LogP contribution in [0.4, 0.5) is 23.5 Å². The van der Waals surface area contributed by atoms with Crippen LogP contribution >= 0.6 is 0 Å². The summed E-state index contributed by atoms with van der Waals surface area (Å²) < 4.78 is 14.3. The Morgan fingerprint density at radius 1 is 0.674 bits per heavy atom. The molecule has 0 bridgehead atoms. The number of imidazole rings is 2. The van der Waals surface area contributed by atoms with E-state index in [1.807, 2.05) is 0 Å². The molecule has 0 saturated carbocycles. The molecule has 2 aliphatic heterocycles. The summed E-state index contributed by atoms with van der Waals surface area (Å²) in [6.07, 6.45) is -6.74. The molecule has 0 aliphatic carbocycles. The fourth-order valence-corrected chi connectivity index (χ4v) is 5.26. The highest BCUT2D eigenvalue weighted by Crippen LogP contribution is 2.36. The standard InChI is InChI=1S/C23H32N12O8/c24-16-10-18(30-6-28-16)34(20-14(40)12(38)8(4-36)42-20)22(32-10)26-2-1-3-27-23-33-11-17(25)29-7-31-19(11)35(23)21-15(41)13(39)9(5-37)43-21/h6-9,12-15,20-21,36-41H,1-5H2,(H,26,32)(H,27,33)(H2,24,28,30)(H2,25,29,31)/t8-,9-,12+,13+,14+,15+,20-,21+/m0/s1. The summed E-state index contributed by atoms with van der Waals surface area (Å²) in [6.45, 7) is -0.349. The molecule has 8 atom stereocenters. The number of hydrogen-bond donors (Lipinski definition) is 10. The van der Waals surface area contributed by atoms with Gasteiger partial charge in [-0.3, -0.25) is 9.13 Å². The molecule has 2 fully saturated rings. The molecule has 0 radical (unpaired) electrons. The molecule has 6 heterocycles. The van der Waals surface area contributed by atoms with Crippen LogP contribution in [-0.4, -0.2) is 133 Å². The van der Waals surface area contributed by atoms with E-state index in [1.165, 1.54) is 21.8 Å². The lowest BCUT2D eigenvalue weighted by Gasteiger charge is -2.20. The van der Waals surface area contributed by atoms with E-state index in [1.54, 1.807) is 0 Å². The lowest BCUT2D eigenvalue weighted by molar-refractivity contribution is -0.0501. The third kappa shape index (κ3) is 4.92. The number of aliphatic hydroxyl groups is 6. The molecule has 0 aromatic carbocycles. The second-order valence-corrected chi connectivity index (χ2v) is 10.1. The summed E-state index contributed by atoms with van der Waals surface area (Å²) in [5.41, 5.74) is 13.0. The van der Waals surface area contributed by atoms with Gasteiger partial charge in [-0.1, -0.05) is 0 Å². The molecule has 0 unspecified atom stereocenters. The van der Waals surface area contributed by atoms with E-state index in [0.29, 0.717) is 19.5 Å². The monoisotopic (exact) mass is 604 g/mol. The maximum Gasteiger partial charge on any atom is 0.207 e. The highest BCUT2D eigenvalue weighted by Gasteiger charge is 2.46. The van der Waals surface area contributed by atoms with Gasteiger partial charge in [0.25, 0.3) is 0 Å². The Morgan fingerprint density at radius 2 is 1.09 bits per heavy atom. The minimum absolute atomic E-state index is 0.103. The first-order chi connectivity index (χ1) is 20.7. The molecule has 2 saturated heterocycles. The molecule has 0 amide bonds. The zero-order valence-corrected chi connectivity index (χ0v) is 22.5. The number of ether oxygens (including phenoxy) is 2. The first-order valence-electron chi connectivity index (χ1n) is 13.4. The predicted octanol–water partition coefficient (Wildman–Crippen LogP) is -3.73. The van der Waals surface area contributed by atoms with Gasteiger partial charge in [0.2, 0.25) is 11.9 Å². The summed E-state index contributed by atoms with van der Waals surface area (Å²) >= 11 is 0. The fraction of sp³-hybridized carbons (Fsp3) is 0.565. The van der Waals surface area contributed by atoms with Crippen LogP contribution in [0.5, 0.6) is 0 Å². The van der Waals surface area contributed by atoms with Crippen LogP contribution in [0.3, 0.4) is 0 Å². The normalized spacial score (nSPS) is 29.2. The first-order valence-corrected chi connectivity index (χ1v) is 13.4. The Kier molecular flexibility index (Phi) is 7.83. The molecular formula is C23H32N12O8. The summed E-state index contributed by atoms with van der Waals surface area (Å²) in [5, 5.41) is 67.3. The lowest BCUT2D eigenvalue weighted by Crippen LogP contribution is -2.33. The average molecular weight is 605 g/mol. The van der Waals surface area contributed by atoms with E-state index in [4.69, 9.17) is 20.9 Å². The van der Waals surface area contributed by atoms with Crippen molar-refractivity contribution in [2.75, 3.05) is 48.4 Å². The van der Waals surface area contributed by atoms with Crippen LogP contribution in [0, 0.1) is 0 Å². The van der Waals surface area contributed by atoms with Gasteiger partial charge in [0.1, 0.15) is 49.3 Å². The summed E-state index contributed by atoms with van der Waals surface area (Å²) in [7, 11) is 0. The van der Waals surface area contributed by atoms with Gasteiger partial charge in [0.15, 0.2) is 46.4 Å². The Balaban J connectivity index is 1.19. The summed E-state index contributed by atoms with van der Waals surface area (Å²) in [6, 6.07) is 0. The molecule has 12 N–H and O–H groups in total. The van der Waals surface area contributed by atoms with E-state index in [2.05, 4.69) is 40.5 Å². The van der Waals surface area contributed by atoms with Gasteiger partial charge in [-0.2, -0.15) is 0 Å². The average Bonchev–Trinajstić information content (AvgIpc) is 3.71. The van der Waals surface area contributed by atoms with Gasteiger partial charge in [-0.25, -0.2) is 29.9 Å². The quantitative estimate of drug-likeness (QED) is 0.0777. The van der Waals surface area contributed by atoms with E-state index in [-0.39, 0.29) is 45.9 Å². The molecule has 2 aliphatic rings. The van der Waals surface area contributed by atoms with Crippen LogP contribution in [-0.2, 0) is 9.47 Å². The highest BCUT2D eigenvalue weighted by atomic mass is 16.6. The number of hydrogen-bond acceptors (Lipinski definition) is 18. The van der Waals surface area contributed by atoms with Crippen molar-refractivity contribution in [3.05, 3.63) is 12.7 Å². The van der Waals surface area contributed by atoms with Gasteiger partial charge in [0, 0.05) is 13.1 Å². The minimum Gasteiger partial charge on any atom is -0.394 e. The number of aromatic nitrogens is 8. The largest absolute Gasteiger partial charge is 0.394 e. The van der Waals surface area contributed by atoms with Crippen molar-refractivity contribution in [2.24, 2.45) is 0 Å². The molecule has 4 aromatic heterocycles. The molecule has 4 aromatic rings. The number of aliphatic hydroxyl groups excluding tert-OH is 6. The molecule has 6 rings (SSSR count). The Bertz CT molecular complexity index is 1490. The SMILES string of the molecule is Nc1ncnc2c1nc(NCCCNc1nc3c(N)ncnc3n1[C@H]1O[C@@H](CO)[C@@H](O)[C@H]1O)n2[C@@H]1O[C@@H](CO)[C@@H](O)[C@H]1O. The van der Waals surface area contributed by atoms with E-state index in [9.17, 15) is 30.6 Å². The topological polar surface area (TPSA) is 303 Å². The smallest absolute Gasteiger partial charge is 0.207 e. The lowest BCUT2D eigenvalue weighted by atomic mass is 10.1. The van der Waals surface area contributed by atoms with Crippen molar-refractivity contribution in [3.63, 3.8) is 0 Å². The van der Waals surface area contributed by atoms with Crippen molar-refractivity contribution in [1.29, 1.82) is 0 Å². The second-order valence-electron chi connectivity index (χ2n) is 10.1. The summed E-state index contributed by atoms with van der Waals surface area (Å²) in [5.74, 6) is 0.676. The predicted molar refractivity (Wildman–Crippen MR) is 147 cm³/mol. The third-order valence-corrected chi connectivity index (χ3v) is 7.47. The number of fused-ring (bicyclic) bond motifs is 2. The van der Waals surface area contributed by atoms with Crippen molar-refractivity contribution < 1.29 is 40.1 Å². The van der Waals surface area contributed by atoms with Crippen LogP contribution in [0.2, 0.25) is 0 Å². The van der Waals surface area contributed by atoms with Crippen LogP contribution in [0.25, 0.3) is 22.3 Å². The van der Waals surface area contributed by atoms with E-state index >= 15 is 0 Å². The van der Waals surface area contributed by atoms with Gasteiger partial charge in [-0.05, 0) is 6.42 Å². The van der Waals surface area contributed by atoms with Gasteiger partial charge < -0.3 is 62.2 Å². The maximum atomic E-state index is 10.6. The highest BCUT2D eigenvalue weighted by molar-refractivity contribution is 5.84. The third-order valence-electron chi connectivity index (χ3n) is 7.47. The van der Waals surface area contributed by atoms with Crippen molar-refractivity contribution in [3.8, 4) is 0 Å². The molecule has 20 heteroatoms. The Hall–Kier alpha value is -4.02. The number of nitrogen functional groups attached to an aromatic ring is 2. The van der Waals surface area contributed by atoms with Crippen LogP contribution in [0.15, 0.2) is 12.7 Å². The first kappa shape index (κ1) is 29.1. The maximum absolute atomic E-state index is 10.6. The molecule has 20 nitrogen and oxygen atoms in total. The number of rotatable bonds is 10. The number of nitrogens with one attached hydrogen (secondary N) is 2. The molecule has 232 valence electrons.